The number of phenols is 1. The molecule has 0 aliphatic heterocycles. The zero-order chi connectivity index (χ0) is 32.1. The van der Waals surface area contributed by atoms with Crippen LogP contribution < -0.4 is 0 Å². The molecule has 17 nitrogen and oxygen atoms in total. The molecule has 22 heteroatoms. The third kappa shape index (κ3) is 8.24. The zero-order valence-corrected chi connectivity index (χ0v) is 25.1. The van der Waals surface area contributed by atoms with E-state index in [0.29, 0.717) is 22.6 Å². The molecule has 0 atom stereocenters. The van der Waals surface area contributed by atoms with Crippen LogP contribution >= 0.6 is 35.7 Å². The highest BCUT2D eigenvalue weighted by molar-refractivity contribution is 7.95. The molecule has 44 heavy (non-hydrogen) atoms. The first-order valence-electron chi connectivity index (χ1n) is 11.1. The lowest BCUT2D eigenvalue weighted by Gasteiger charge is -2.11. The van der Waals surface area contributed by atoms with Gasteiger partial charge in [-0.1, -0.05) is 21.7 Å². The lowest BCUT2D eigenvalue weighted by atomic mass is 10.1. The van der Waals surface area contributed by atoms with Crippen molar-refractivity contribution in [2.75, 3.05) is 0 Å². The van der Waals surface area contributed by atoms with Crippen molar-refractivity contribution in [3.8, 4) is 5.75 Å². The largest absolute Gasteiger partial charge is 0.505 e. The smallest absolute Gasteiger partial charge is 0.296 e. The van der Waals surface area contributed by atoms with Gasteiger partial charge in [0.1, 0.15) is 16.3 Å². The van der Waals surface area contributed by atoms with Crippen molar-refractivity contribution in [3.05, 3.63) is 65.7 Å². The molecule has 0 spiro atoms. The molecule has 0 aliphatic carbocycles. The Labute approximate surface area is 260 Å². The molecule has 232 valence electrons. The van der Waals surface area contributed by atoms with Gasteiger partial charge >= 0.3 is 0 Å². The number of benzene rings is 4. The Kier molecular flexibility index (Phi) is 10.9. The minimum atomic E-state index is -4.90. The lowest BCUT2D eigenvalue weighted by Crippen LogP contribution is -1.98. The lowest BCUT2D eigenvalue weighted by molar-refractivity contribution is -0.432. The summed E-state index contributed by atoms with van der Waals surface area (Å²) in [5.74, 6) is -0.680. The maximum atomic E-state index is 12.2. The number of nitrogens with zero attached hydrogens (tertiary/aromatic N) is 4. The number of azo groups is 2. The van der Waals surface area contributed by atoms with Gasteiger partial charge in [-0.05, 0) is 66.0 Å². The summed E-state index contributed by atoms with van der Waals surface area (Å²) in [6, 6.07) is 12.6. The first-order chi connectivity index (χ1) is 20.8. The van der Waals surface area contributed by atoms with Crippen LogP contribution in [0.1, 0.15) is 0 Å². The van der Waals surface area contributed by atoms with Crippen molar-refractivity contribution in [2.45, 2.75) is 19.6 Å². The SMILES string of the molecule is O=S(=O)(O)c1cc(Cl)c2c(O)c(N=Nc3ccc(N=Nc4ccc(SOOO)cc4)cc3S(=O)(=O)O)c(SOOO)cc2c1. The molecule has 0 unspecified atom stereocenters. The van der Waals surface area contributed by atoms with Crippen LogP contribution in [0.5, 0.6) is 5.75 Å². The molecule has 0 saturated heterocycles. The van der Waals surface area contributed by atoms with E-state index in [1.54, 1.807) is 12.1 Å². The Morgan fingerprint density at radius 1 is 0.727 bits per heavy atom. The molecular formula is C22H15ClN4O13S4. The van der Waals surface area contributed by atoms with Gasteiger partial charge in [0.2, 0.25) is 0 Å². The second kappa shape index (κ2) is 14.2. The number of rotatable bonds is 12. The predicted octanol–water partition coefficient (Wildman–Crippen LogP) is 7.38. The van der Waals surface area contributed by atoms with Crippen molar-refractivity contribution >= 4 is 89.4 Å². The molecule has 4 aromatic carbocycles. The Bertz CT molecular complexity index is 1980. The van der Waals surface area contributed by atoms with E-state index in [-0.39, 0.29) is 26.4 Å². The maximum absolute atomic E-state index is 12.2. The normalized spacial score (nSPS) is 12.6. The third-order valence-corrected chi connectivity index (χ3v) is 8.51. The van der Waals surface area contributed by atoms with Gasteiger partial charge in [-0.2, -0.15) is 27.1 Å². The average molecular weight is 707 g/mol. The average Bonchev–Trinajstić information content (AvgIpc) is 2.97. The Morgan fingerprint density at radius 2 is 1.36 bits per heavy atom. The molecular weight excluding hydrogens is 692 g/mol. The van der Waals surface area contributed by atoms with E-state index in [1.165, 1.54) is 24.3 Å². The van der Waals surface area contributed by atoms with Gasteiger partial charge in [-0.3, -0.25) is 9.11 Å². The van der Waals surface area contributed by atoms with Gasteiger partial charge in [0.05, 0.1) is 50.3 Å². The number of aromatic hydroxyl groups is 1. The van der Waals surface area contributed by atoms with Crippen molar-refractivity contribution in [1.82, 2.24) is 0 Å². The summed E-state index contributed by atoms with van der Waals surface area (Å²) in [7, 11) is -9.59. The van der Waals surface area contributed by atoms with Gasteiger partial charge in [0.25, 0.3) is 20.2 Å². The number of halogens is 1. The molecule has 0 aromatic heterocycles. The van der Waals surface area contributed by atoms with E-state index in [1.807, 2.05) is 0 Å². The maximum Gasteiger partial charge on any atom is 0.296 e. The summed E-state index contributed by atoms with van der Waals surface area (Å²) < 4.78 is 75.5. The molecule has 0 radical (unpaired) electrons. The summed E-state index contributed by atoms with van der Waals surface area (Å²) in [5.41, 5.74) is -0.457. The number of hydrogen-bond donors (Lipinski definition) is 5. The molecule has 0 bridgehead atoms. The van der Waals surface area contributed by atoms with Gasteiger partial charge in [0.15, 0.2) is 5.75 Å². The van der Waals surface area contributed by atoms with Crippen LogP contribution in [0.25, 0.3) is 10.8 Å². The predicted molar refractivity (Wildman–Crippen MR) is 153 cm³/mol. The summed E-state index contributed by atoms with van der Waals surface area (Å²) in [4.78, 5) is -0.908. The molecule has 5 N–H and O–H groups in total. The van der Waals surface area contributed by atoms with E-state index in [4.69, 9.17) is 22.1 Å². The van der Waals surface area contributed by atoms with Crippen LogP contribution in [0, 0.1) is 0 Å². The van der Waals surface area contributed by atoms with E-state index >= 15 is 0 Å². The van der Waals surface area contributed by atoms with Gasteiger partial charge in [-0.15, -0.1) is 18.9 Å². The Balaban J connectivity index is 1.74. The first kappa shape index (κ1) is 33.6. The van der Waals surface area contributed by atoms with Crippen LogP contribution in [0.15, 0.2) is 101 Å². The van der Waals surface area contributed by atoms with Crippen LogP contribution in [-0.4, -0.2) is 41.6 Å². The Hall–Kier alpha value is -3.29. The van der Waals surface area contributed by atoms with Crippen molar-refractivity contribution in [3.63, 3.8) is 0 Å². The second-order valence-corrected chi connectivity index (χ2v) is 12.8. The summed E-state index contributed by atoms with van der Waals surface area (Å²) >= 11 is 7.17. The Morgan fingerprint density at radius 3 is 2.00 bits per heavy atom. The molecule has 0 fully saturated rings. The highest BCUT2D eigenvalue weighted by Crippen LogP contribution is 2.47. The molecule has 0 heterocycles. The van der Waals surface area contributed by atoms with Crippen LogP contribution in [0.2, 0.25) is 5.02 Å². The number of phenolic OH excluding ortho intramolecular Hbond substituents is 1. The number of hydrogen-bond acceptors (Lipinski definition) is 17. The third-order valence-electron chi connectivity index (χ3n) is 5.28. The molecule has 0 aliphatic rings. The fourth-order valence-corrected chi connectivity index (χ4v) is 5.89. The standard InChI is InChI=1S/C22H15ClN4O13S4/c23-16-10-15(43(31,32)33)7-11-8-18(42-40-38-30)21(22(28)20(11)16)27-26-17-6-3-13(9-19(17)44(34,35)36)25-24-12-1-4-14(5-2-12)41-39-37-29/h1-10,28-30H,(H,31,32,33)(H,34,35,36). The van der Waals surface area contributed by atoms with E-state index < -0.39 is 47.2 Å². The summed E-state index contributed by atoms with van der Waals surface area (Å²) in [6.45, 7) is 0. The van der Waals surface area contributed by atoms with Crippen LogP contribution in [0.3, 0.4) is 0 Å². The summed E-state index contributed by atoms with van der Waals surface area (Å²) in [5, 5.41) is 50.0. The van der Waals surface area contributed by atoms with E-state index in [2.05, 4.69) is 39.2 Å². The fourth-order valence-electron chi connectivity index (χ4n) is 3.47. The quantitative estimate of drug-likeness (QED) is 0.0316. The van der Waals surface area contributed by atoms with Crippen molar-refractivity contribution in [2.24, 2.45) is 20.5 Å². The number of fused-ring (bicyclic) bond motifs is 1. The van der Waals surface area contributed by atoms with E-state index in [0.717, 1.165) is 36.3 Å². The highest BCUT2D eigenvalue weighted by atomic mass is 35.5. The van der Waals surface area contributed by atoms with Crippen molar-refractivity contribution < 1.29 is 60.3 Å². The molecule has 0 amide bonds. The second-order valence-electron chi connectivity index (χ2n) is 8.02. The minimum Gasteiger partial charge on any atom is -0.505 e. The summed E-state index contributed by atoms with van der Waals surface area (Å²) in [6.07, 6.45) is 0. The molecule has 4 rings (SSSR count). The first-order valence-corrected chi connectivity index (χ1v) is 15.9. The van der Waals surface area contributed by atoms with Crippen LogP contribution in [-0.2, 0) is 39.0 Å². The van der Waals surface area contributed by atoms with Gasteiger partial charge in [-0.25, -0.2) is 10.5 Å². The van der Waals surface area contributed by atoms with E-state index in [9.17, 15) is 31.0 Å². The molecule has 4 aromatic rings. The van der Waals surface area contributed by atoms with Crippen molar-refractivity contribution in [1.29, 1.82) is 0 Å². The van der Waals surface area contributed by atoms with Gasteiger partial charge < -0.3 is 5.11 Å². The zero-order valence-electron chi connectivity index (χ0n) is 21.1. The van der Waals surface area contributed by atoms with Crippen LogP contribution in [0.4, 0.5) is 22.7 Å². The fraction of sp³-hybridized carbons (Fsp3) is 0. The minimum absolute atomic E-state index is 0.00764. The molecule has 0 saturated carbocycles. The topological polar surface area (TPSA) is 256 Å². The monoisotopic (exact) mass is 706 g/mol. The highest BCUT2D eigenvalue weighted by Gasteiger charge is 2.22. The van der Waals surface area contributed by atoms with Gasteiger partial charge in [0, 0.05) is 10.3 Å².